The van der Waals surface area contributed by atoms with Crippen LogP contribution in [0, 0.1) is 0 Å². The van der Waals surface area contributed by atoms with Crippen LogP contribution in [-0.4, -0.2) is 32.9 Å². The molecule has 0 radical (unpaired) electrons. The van der Waals surface area contributed by atoms with E-state index in [0.717, 1.165) is 40.1 Å². The molecule has 1 amide bonds. The number of carbonyl (C=O) groups excluding carboxylic acids is 1. The molecule has 140 valence electrons. The van der Waals surface area contributed by atoms with Gasteiger partial charge in [0.25, 0.3) is 5.91 Å². The molecule has 0 bridgehead atoms. The van der Waals surface area contributed by atoms with Gasteiger partial charge in [0, 0.05) is 36.8 Å². The molecule has 4 aromatic rings. The molecule has 1 aromatic carbocycles. The van der Waals surface area contributed by atoms with Crippen LogP contribution in [0.2, 0.25) is 0 Å². The smallest absolute Gasteiger partial charge is 0.267 e. The zero-order valence-electron chi connectivity index (χ0n) is 15.9. The molecule has 4 rings (SSSR count). The summed E-state index contributed by atoms with van der Waals surface area (Å²) in [4.78, 5) is 28.7. The molecule has 2 N–H and O–H groups in total. The van der Waals surface area contributed by atoms with E-state index in [1.807, 2.05) is 30.3 Å². The minimum absolute atomic E-state index is 0.119. The number of amides is 1. The average molecular weight is 371 g/mol. The highest BCUT2D eigenvalue weighted by molar-refractivity contribution is 5.98. The summed E-state index contributed by atoms with van der Waals surface area (Å²) in [6.45, 7) is 2.11. The molecule has 6 heteroatoms. The minimum atomic E-state index is -0.119. The van der Waals surface area contributed by atoms with E-state index >= 15 is 0 Å². The molecule has 0 saturated heterocycles. The van der Waals surface area contributed by atoms with Crippen LogP contribution in [0.3, 0.4) is 0 Å². The van der Waals surface area contributed by atoms with Gasteiger partial charge in [-0.15, -0.1) is 0 Å². The van der Waals surface area contributed by atoms with Crippen molar-refractivity contribution in [2.75, 3.05) is 7.05 Å². The van der Waals surface area contributed by atoms with Crippen molar-refractivity contribution >= 4 is 16.8 Å². The Morgan fingerprint density at radius 2 is 1.96 bits per heavy atom. The maximum Gasteiger partial charge on any atom is 0.267 e. The van der Waals surface area contributed by atoms with E-state index < -0.39 is 0 Å². The summed E-state index contributed by atoms with van der Waals surface area (Å²) in [6, 6.07) is 13.8. The van der Waals surface area contributed by atoms with Gasteiger partial charge in [-0.2, -0.15) is 0 Å². The highest BCUT2D eigenvalue weighted by atomic mass is 16.1. The van der Waals surface area contributed by atoms with E-state index in [4.69, 9.17) is 0 Å². The third-order valence-electron chi connectivity index (χ3n) is 4.72. The summed E-state index contributed by atoms with van der Waals surface area (Å²) in [6.07, 6.45) is 5.01. The van der Waals surface area contributed by atoms with Crippen LogP contribution in [0.4, 0.5) is 0 Å². The Labute approximate surface area is 163 Å². The zero-order valence-corrected chi connectivity index (χ0v) is 15.9. The number of hydrogen-bond donors (Lipinski definition) is 2. The van der Waals surface area contributed by atoms with Gasteiger partial charge in [-0.05, 0) is 47.9 Å². The Morgan fingerprint density at radius 3 is 2.71 bits per heavy atom. The SMILES string of the molecule is CCc1cc(Cc2nccc(-c3ccccn3)n2)cc2cc(C(=O)NC)[nH]c12. The first-order valence-corrected chi connectivity index (χ1v) is 9.28. The molecule has 0 spiro atoms. The summed E-state index contributed by atoms with van der Waals surface area (Å²) in [7, 11) is 1.63. The standard InChI is InChI=1S/C22H21N5O/c1-3-15-10-14(11-16-13-19(22(28)23-2)27-21(15)16)12-20-25-9-7-18(26-20)17-6-4-5-8-24-17/h4-11,13,27H,3,12H2,1-2H3,(H,23,28). The van der Waals surface area contributed by atoms with Crippen molar-refractivity contribution in [1.29, 1.82) is 0 Å². The highest BCUT2D eigenvalue weighted by Crippen LogP contribution is 2.24. The molecule has 0 aliphatic carbocycles. The van der Waals surface area contributed by atoms with E-state index in [2.05, 4.69) is 44.3 Å². The van der Waals surface area contributed by atoms with Gasteiger partial charge in [0.05, 0.1) is 11.4 Å². The molecule has 3 aromatic heterocycles. The molecule has 6 nitrogen and oxygen atoms in total. The molecule has 28 heavy (non-hydrogen) atoms. The van der Waals surface area contributed by atoms with Crippen molar-refractivity contribution in [3.63, 3.8) is 0 Å². The van der Waals surface area contributed by atoms with Crippen LogP contribution in [0.5, 0.6) is 0 Å². The van der Waals surface area contributed by atoms with Crippen LogP contribution in [0.1, 0.15) is 34.4 Å². The van der Waals surface area contributed by atoms with E-state index in [0.29, 0.717) is 12.1 Å². The number of fused-ring (bicyclic) bond motifs is 1. The Kier molecular flexibility index (Phi) is 4.85. The number of hydrogen-bond acceptors (Lipinski definition) is 4. The first kappa shape index (κ1) is 17.9. The fraction of sp³-hybridized carbons (Fsp3) is 0.182. The number of aromatic amines is 1. The van der Waals surface area contributed by atoms with Crippen molar-refractivity contribution in [1.82, 2.24) is 25.3 Å². The maximum absolute atomic E-state index is 12.0. The summed E-state index contributed by atoms with van der Waals surface area (Å²) in [5.74, 6) is 0.623. The number of aryl methyl sites for hydroxylation is 1. The number of pyridine rings is 1. The lowest BCUT2D eigenvalue weighted by molar-refractivity contribution is 0.0959. The van der Waals surface area contributed by atoms with Crippen LogP contribution >= 0.6 is 0 Å². The maximum atomic E-state index is 12.0. The number of nitrogens with one attached hydrogen (secondary N) is 2. The number of rotatable bonds is 5. The third kappa shape index (κ3) is 3.49. The lowest BCUT2D eigenvalue weighted by Gasteiger charge is -2.07. The van der Waals surface area contributed by atoms with Crippen LogP contribution in [0.15, 0.2) is 54.9 Å². The van der Waals surface area contributed by atoms with Gasteiger partial charge in [0.15, 0.2) is 0 Å². The second-order valence-corrected chi connectivity index (χ2v) is 6.58. The van der Waals surface area contributed by atoms with Crippen molar-refractivity contribution in [2.45, 2.75) is 19.8 Å². The van der Waals surface area contributed by atoms with Crippen molar-refractivity contribution in [3.05, 3.63) is 77.5 Å². The number of aromatic nitrogens is 4. The lowest BCUT2D eigenvalue weighted by atomic mass is 10.0. The molecule has 0 aliphatic heterocycles. The van der Waals surface area contributed by atoms with Gasteiger partial charge in [0.1, 0.15) is 11.5 Å². The van der Waals surface area contributed by atoms with Crippen molar-refractivity contribution < 1.29 is 4.79 Å². The third-order valence-corrected chi connectivity index (χ3v) is 4.72. The fourth-order valence-electron chi connectivity index (χ4n) is 3.35. The van der Waals surface area contributed by atoms with Crippen LogP contribution in [0.25, 0.3) is 22.3 Å². The average Bonchev–Trinajstić information content (AvgIpc) is 3.17. The predicted molar refractivity (Wildman–Crippen MR) is 109 cm³/mol. The monoisotopic (exact) mass is 371 g/mol. The van der Waals surface area contributed by atoms with Gasteiger partial charge in [-0.1, -0.05) is 19.1 Å². The molecule has 0 atom stereocenters. The normalized spacial score (nSPS) is 10.9. The topological polar surface area (TPSA) is 83.6 Å². The summed E-state index contributed by atoms with van der Waals surface area (Å²) < 4.78 is 0. The van der Waals surface area contributed by atoms with Crippen LogP contribution in [-0.2, 0) is 12.8 Å². The van der Waals surface area contributed by atoms with Crippen LogP contribution < -0.4 is 5.32 Å². The number of H-pyrrole nitrogens is 1. The quantitative estimate of drug-likeness (QED) is 0.562. The molecule has 0 aliphatic rings. The second-order valence-electron chi connectivity index (χ2n) is 6.58. The van der Waals surface area contributed by atoms with Gasteiger partial charge < -0.3 is 10.3 Å². The van der Waals surface area contributed by atoms with Crippen molar-refractivity contribution in [3.8, 4) is 11.4 Å². The van der Waals surface area contributed by atoms with Gasteiger partial charge in [-0.3, -0.25) is 9.78 Å². The predicted octanol–water partition coefficient (Wildman–Crippen LogP) is 3.53. The van der Waals surface area contributed by atoms with Gasteiger partial charge in [-0.25, -0.2) is 9.97 Å². The largest absolute Gasteiger partial charge is 0.354 e. The molecule has 0 unspecified atom stereocenters. The Hall–Kier alpha value is -3.54. The Balaban J connectivity index is 1.69. The molecular formula is C22H21N5O. The fourth-order valence-corrected chi connectivity index (χ4v) is 3.35. The molecule has 0 saturated carbocycles. The molecule has 0 fully saturated rings. The van der Waals surface area contributed by atoms with Crippen molar-refractivity contribution in [2.24, 2.45) is 0 Å². The summed E-state index contributed by atoms with van der Waals surface area (Å²) >= 11 is 0. The van der Waals surface area contributed by atoms with Gasteiger partial charge in [0.2, 0.25) is 0 Å². The minimum Gasteiger partial charge on any atom is -0.354 e. The highest BCUT2D eigenvalue weighted by Gasteiger charge is 2.12. The van der Waals surface area contributed by atoms with E-state index in [-0.39, 0.29) is 5.91 Å². The number of nitrogens with zero attached hydrogens (tertiary/aromatic N) is 3. The molecular weight excluding hydrogens is 350 g/mol. The molecule has 3 heterocycles. The summed E-state index contributed by atoms with van der Waals surface area (Å²) in [5, 5.41) is 3.68. The van der Waals surface area contributed by atoms with Gasteiger partial charge >= 0.3 is 0 Å². The first-order chi connectivity index (χ1) is 13.7. The van der Waals surface area contributed by atoms with E-state index in [9.17, 15) is 4.79 Å². The lowest BCUT2D eigenvalue weighted by Crippen LogP contribution is -2.17. The Morgan fingerprint density at radius 1 is 1.07 bits per heavy atom. The zero-order chi connectivity index (χ0) is 19.5. The number of carbonyl (C=O) groups is 1. The first-order valence-electron chi connectivity index (χ1n) is 9.28. The Bertz CT molecular complexity index is 1130. The van der Waals surface area contributed by atoms with E-state index in [1.165, 1.54) is 5.56 Å². The number of benzene rings is 1. The van der Waals surface area contributed by atoms with E-state index in [1.54, 1.807) is 19.4 Å². The second kappa shape index (κ2) is 7.60. The summed E-state index contributed by atoms with van der Waals surface area (Å²) in [5.41, 5.74) is 5.50.